The van der Waals surface area contributed by atoms with Gasteiger partial charge in [0.15, 0.2) is 0 Å². The van der Waals surface area contributed by atoms with E-state index in [-0.39, 0.29) is 11.3 Å². The molecule has 0 aromatic heterocycles. The molecule has 0 aliphatic carbocycles. The Kier molecular flexibility index (Phi) is 6.72. The Morgan fingerprint density at radius 3 is 2.24 bits per heavy atom. The number of methoxy groups -OCH3 is 1. The van der Waals surface area contributed by atoms with Gasteiger partial charge in [-0.2, -0.15) is 4.72 Å². The van der Waals surface area contributed by atoms with E-state index in [1.165, 1.54) is 19.2 Å². The van der Waals surface area contributed by atoms with Crippen molar-refractivity contribution in [3.05, 3.63) is 103 Å². The molecule has 0 spiro atoms. The Balaban J connectivity index is 1.63. The second kappa shape index (κ2) is 9.85. The number of sulfonamides is 1. The molecule has 2 N–H and O–H groups in total. The molecule has 0 aliphatic rings. The van der Waals surface area contributed by atoms with Crippen molar-refractivity contribution in [3.63, 3.8) is 0 Å². The first kappa shape index (κ1) is 22.5. The lowest BCUT2D eigenvalue weighted by Crippen LogP contribution is -2.45. The van der Waals surface area contributed by atoms with E-state index < -0.39 is 22.0 Å². The molecule has 1 atom stereocenters. The fourth-order valence-corrected chi connectivity index (χ4v) is 4.80. The minimum Gasteiger partial charge on any atom is -0.497 e. The summed E-state index contributed by atoms with van der Waals surface area (Å²) in [4.78, 5) is 13.4. The van der Waals surface area contributed by atoms with Crippen LogP contribution in [0.4, 0.5) is 5.69 Å². The SMILES string of the molecule is COc1ccc(S(=O)(=O)NC(Cc2ccccc2)C(=O)Nc2cccc3ccccc23)cc1. The van der Waals surface area contributed by atoms with Crippen LogP contribution in [0.3, 0.4) is 0 Å². The van der Waals surface area contributed by atoms with Gasteiger partial charge < -0.3 is 10.1 Å². The molecule has 0 fully saturated rings. The Morgan fingerprint density at radius 1 is 0.848 bits per heavy atom. The van der Waals surface area contributed by atoms with E-state index in [9.17, 15) is 13.2 Å². The molecule has 1 unspecified atom stereocenters. The van der Waals surface area contributed by atoms with E-state index >= 15 is 0 Å². The zero-order valence-corrected chi connectivity index (χ0v) is 18.9. The van der Waals surface area contributed by atoms with Gasteiger partial charge in [0.25, 0.3) is 0 Å². The van der Waals surface area contributed by atoms with Crippen LogP contribution >= 0.6 is 0 Å². The number of anilines is 1. The van der Waals surface area contributed by atoms with Crippen LogP contribution in [0.5, 0.6) is 5.75 Å². The maximum Gasteiger partial charge on any atom is 0.242 e. The average molecular weight is 461 g/mol. The number of nitrogens with one attached hydrogen (secondary N) is 2. The highest BCUT2D eigenvalue weighted by Crippen LogP contribution is 2.23. The molecule has 0 saturated carbocycles. The highest BCUT2D eigenvalue weighted by molar-refractivity contribution is 7.89. The lowest BCUT2D eigenvalue weighted by Gasteiger charge is -2.19. The van der Waals surface area contributed by atoms with Crippen LogP contribution in [0.25, 0.3) is 10.8 Å². The first-order chi connectivity index (χ1) is 16.0. The van der Waals surface area contributed by atoms with Crippen LogP contribution in [-0.2, 0) is 21.2 Å². The quantitative estimate of drug-likeness (QED) is 0.409. The number of hydrogen-bond donors (Lipinski definition) is 2. The molecule has 168 valence electrons. The molecule has 0 bridgehead atoms. The lowest BCUT2D eigenvalue weighted by atomic mass is 10.1. The van der Waals surface area contributed by atoms with Crippen LogP contribution in [0.15, 0.2) is 102 Å². The second-order valence-corrected chi connectivity index (χ2v) is 9.27. The van der Waals surface area contributed by atoms with Gasteiger partial charge in [-0.25, -0.2) is 8.42 Å². The van der Waals surface area contributed by atoms with Gasteiger partial charge in [-0.3, -0.25) is 4.79 Å². The molecular formula is C26H24N2O4S. The van der Waals surface area contributed by atoms with Crippen LogP contribution in [0.1, 0.15) is 5.56 Å². The molecule has 7 heteroatoms. The maximum absolute atomic E-state index is 13.3. The summed E-state index contributed by atoms with van der Waals surface area (Å²) in [5.74, 6) is 0.107. The fourth-order valence-electron chi connectivity index (χ4n) is 3.60. The van der Waals surface area contributed by atoms with Gasteiger partial charge in [0.2, 0.25) is 15.9 Å². The Bertz CT molecular complexity index is 1350. The molecule has 6 nitrogen and oxygen atoms in total. The molecular weight excluding hydrogens is 436 g/mol. The summed E-state index contributed by atoms with van der Waals surface area (Å²) in [5, 5.41) is 4.77. The van der Waals surface area contributed by atoms with Crippen LogP contribution in [0, 0.1) is 0 Å². The topological polar surface area (TPSA) is 84.5 Å². The molecule has 4 aromatic rings. The zero-order chi connectivity index (χ0) is 23.3. The van der Waals surface area contributed by atoms with E-state index in [2.05, 4.69) is 10.0 Å². The van der Waals surface area contributed by atoms with E-state index in [0.29, 0.717) is 11.4 Å². The Labute approximate surface area is 193 Å². The first-order valence-electron chi connectivity index (χ1n) is 10.5. The number of ether oxygens (including phenoxy) is 1. The van der Waals surface area contributed by atoms with Gasteiger partial charge in [-0.05, 0) is 47.7 Å². The smallest absolute Gasteiger partial charge is 0.242 e. The summed E-state index contributed by atoms with van der Waals surface area (Å²) >= 11 is 0. The van der Waals surface area contributed by atoms with Crippen LogP contribution in [0.2, 0.25) is 0 Å². The van der Waals surface area contributed by atoms with Crippen molar-refractivity contribution in [2.24, 2.45) is 0 Å². The van der Waals surface area contributed by atoms with E-state index in [1.54, 1.807) is 18.2 Å². The highest BCUT2D eigenvalue weighted by Gasteiger charge is 2.26. The number of carbonyl (C=O) groups excluding carboxylic acids is 1. The summed E-state index contributed by atoms with van der Waals surface area (Å²) in [7, 11) is -2.44. The number of benzene rings is 4. The van der Waals surface area contributed by atoms with Crippen molar-refractivity contribution in [2.75, 3.05) is 12.4 Å². The van der Waals surface area contributed by atoms with Crippen molar-refractivity contribution in [1.82, 2.24) is 4.72 Å². The lowest BCUT2D eigenvalue weighted by molar-refractivity contribution is -0.117. The van der Waals surface area contributed by atoms with Gasteiger partial charge in [-0.15, -0.1) is 0 Å². The fraction of sp³-hybridized carbons (Fsp3) is 0.115. The van der Waals surface area contributed by atoms with Crippen molar-refractivity contribution in [1.29, 1.82) is 0 Å². The molecule has 0 radical (unpaired) electrons. The van der Waals surface area contributed by atoms with E-state index in [4.69, 9.17) is 4.74 Å². The summed E-state index contributed by atoms with van der Waals surface area (Å²) in [6.45, 7) is 0. The minimum absolute atomic E-state index is 0.0549. The van der Waals surface area contributed by atoms with Gasteiger partial charge in [0.1, 0.15) is 11.8 Å². The summed E-state index contributed by atoms with van der Waals surface area (Å²) in [6, 6.07) is 27.6. The summed E-state index contributed by atoms with van der Waals surface area (Å²) < 4.78 is 33.8. The average Bonchev–Trinajstić information content (AvgIpc) is 2.84. The third kappa shape index (κ3) is 5.39. The van der Waals surface area contributed by atoms with Crippen molar-refractivity contribution < 1.29 is 17.9 Å². The van der Waals surface area contributed by atoms with Gasteiger partial charge in [0, 0.05) is 11.1 Å². The maximum atomic E-state index is 13.3. The van der Waals surface area contributed by atoms with Crippen LogP contribution in [-0.4, -0.2) is 27.5 Å². The number of fused-ring (bicyclic) bond motifs is 1. The molecule has 33 heavy (non-hydrogen) atoms. The van der Waals surface area contributed by atoms with Gasteiger partial charge >= 0.3 is 0 Å². The molecule has 4 aromatic carbocycles. The molecule has 0 heterocycles. The zero-order valence-electron chi connectivity index (χ0n) is 18.1. The summed E-state index contributed by atoms with van der Waals surface area (Å²) in [5.41, 5.74) is 1.47. The third-order valence-electron chi connectivity index (χ3n) is 5.31. The Morgan fingerprint density at radius 2 is 1.52 bits per heavy atom. The normalized spacial score (nSPS) is 12.3. The molecule has 1 amide bonds. The predicted octanol–water partition coefficient (Wildman–Crippen LogP) is 4.38. The standard InChI is InChI=1S/C26H24N2O4S/c1-32-21-14-16-22(17-15-21)33(30,31)28-25(18-19-8-3-2-4-9-19)26(29)27-24-13-7-11-20-10-5-6-12-23(20)24/h2-17,25,28H,18H2,1H3,(H,27,29). The van der Waals surface area contributed by atoms with Crippen LogP contribution < -0.4 is 14.8 Å². The number of hydrogen-bond acceptors (Lipinski definition) is 4. The van der Waals surface area contributed by atoms with Crippen molar-refractivity contribution in [2.45, 2.75) is 17.4 Å². The molecule has 0 saturated heterocycles. The van der Waals surface area contributed by atoms with Gasteiger partial charge in [-0.1, -0.05) is 66.7 Å². The summed E-state index contributed by atoms with van der Waals surface area (Å²) in [6.07, 6.45) is 0.201. The molecule has 0 aliphatic heterocycles. The van der Waals surface area contributed by atoms with Crippen molar-refractivity contribution >= 4 is 32.4 Å². The number of amides is 1. The monoisotopic (exact) mass is 460 g/mol. The van der Waals surface area contributed by atoms with E-state index in [1.807, 2.05) is 66.7 Å². The number of rotatable bonds is 8. The van der Waals surface area contributed by atoms with E-state index in [0.717, 1.165) is 16.3 Å². The number of carbonyl (C=O) groups is 1. The largest absolute Gasteiger partial charge is 0.497 e. The molecule has 4 rings (SSSR count). The van der Waals surface area contributed by atoms with Gasteiger partial charge in [0.05, 0.1) is 12.0 Å². The van der Waals surface area contributed by atoms with Crippen molar-refractivity contribution in [3.8, 4) is 5.75 Å². The minimum atomic E-state index is -3.95. The highest BCUT2D eigenvalue weighted by atomic mass is 32.2. The Hall–Kier alpha value is -3.68. The second-order valence-electron chi connectivity index (χ2n) is 7.56. The predicted molar refractivity (Wildman–Crippen MR) is 130 cm³/mol. The third-order valence-corrected chi connectivity index (χ3v) is 6.80. The first-order valence-corrected chi connectivity index (χ1v) is 11.9.